The van der Waals surface area contributed by atoms with Crippen LogP contribution in [-0.4, -0.2) is 24.8 Å². The van der Waals surface area contributed by atoms with E-state index in [1.165, 1.54) is 51.4 Å². The third-order valence-corrected chi connectivity index (χ3v) is 4.67. The van der Waals surface area contributed by atoms with Crippen molar-refractivity contribution in [2.75, 3.05) is 13.2 Å². The molecule has 1 aliphatic heterocycles. The highest BCUT2D eigenvalue weighted by atomic mass is 16.5. The van der Waals surface area contributed by atoms with Crippen molar-refractivity contribution in [3.63, 3.8) is 0 Å². The van der Waals surface area contributed by atoms with Crippen molar-refractivity contribution in [3.05, 3.63) is 0 Å². The minimum atomic E-state index is 0.100. The van der Waals surface area contributed by atoms with Gasteiger partial charge in [-0.05, 0) is 51.5 Å². The van der Waals surface area contributed by atoms with Gasteiger partial charge in [-0.1, -0.05) is 26.2 Å². The van der Waals surface area contributed by atoms with Crippen LogP contribution in [0, 0.1) is 5.92 Å². The van der Waals surface area contributed by atoms with Gasteiger partial charge in [0.25, 0.3) is 0 Å². The molecule has 0 aromatic carbocycles. The number of rotatable bonds is 6. The summed E-state index contributed by atoms with van der Waals surface area (Å²) in [7, 11) is 0. The van der Waals surface area contributed by atoms with Gasteiger partial charge >= 0.3 is 0 Å². The quantitative estimate of drug-likeness (QED) is 0.766. The van der Waals surface area contributed by atoms with Gasteiger partial charge in [-0.25, -0.2) is 0 Å². The second-order valence-corrected chi connectivity index (χ2v) is 6.16. The van der Waals surface area contributed by atoms with E-state index in [1.54, 1.807) is 0 Å². The molecule has 2 heteroatoms. The highest BCUT2D eigenvalue weighted by Crippen LogP contribution is 2.36. The zero-order chi connectivity index (χ0) is 12.1. The predicted octanol–water partition coefficient (Wildman–Crippen LogP) is 3.50. The van der Waals surface area contributed by atoms with E-state index in [0.717, 1.165) is 19.1 Å². The summed E-state index contributed by atoms with van der Waals surface area (Å²) in [5.41, 5.74) is 0.100. The molecule has 0 aromatic heterocycles. The molecule has 100 valence electrons. The van der Waals surface area contributed by atoms with Crippen LogP contribution in [0.2, 0.25) is 0 Å². The molecule has 1 saturated carbocycles. The van der Waals surface area contributed by atoms with Crippen LogP contribution in [0.4, 0.5) is 0 Å². The van der Waals surface area contributed by atoms with Crippen LogP contribution < -0.4 is 5.32 Å². The van der Waals surface area contributed by atoms with Gasteiger partial charge in [-0.3, -0.25) is 0 Å². The second kappa shape index (κ2) is 6.19. The summed E-state index contributed by atoms with van der Waals surface area (Å²) in [6.45, 7) is 6.68. The number of hydrogen-bond acceptors (Lipinski definition) is 2. The van der Waals surface area contributed by atoms with E-state index in [9.17, 15) is 0 Å². The summed E-state index contributed by atoms with van der Waals surface area (Å²) >= 11 is 0. The van der Waals surface area contributed by atoms with Crippen molar-refractivity contribution >= 4 is 0 Å². The third-order valence-electron chi connectivity index (χ3n) is 4.67. The minimum Gasteiger partial charge on any atom is -0.374 e. The fraction of sp³-hybridized carbons (Fsp3) is 1.00. The zero-order valence-electron chi connectivity index (χ0n) is 11.6. The lowest BCUT2D eigenvalue weighted by atomic mass is 9.75. The first-order valence-electron chi connectivity index (χ1n) is 7.62. The van der Waals surface area contributed by atoms with E-state index in [-0.39, 0.29) is 5.60 Å². The fourth-order valence-corrected chi connectivity index (χ4v) is 3.16. The molecule has 1 N–H and O–H groups in total. The van der Waals surface area contributed by atoms with Crippen LogP contribution in [0.3, 0.4) is 0 Å². The Morgan fingerprint density at radius 3 is 2.65 bits per heavy atom. The molecule has 1 aliphatic carbocycles. The van der Waals surface area contributed by atoms with Gasteiger partial charge in [0.05, 0.1) is 5.60 Å². The Balaban J connectivity index is 1.91. The average Bonchev–Trinajstić information content (AvgIpc) is 2.27. The highest BCUT2D eigenvalue weighted by Gasteiger charge is 2.38. The molecule has 0 amide bonds. The van der Waals surface area contributed by atoms with E-state index in [0.29, 0.717) is 6.04 Å². The lowest BCUT2D eigenvalue weighted by molar-refractivity contribution is -0.0943. The van der Waals surface area contributed by atoms with Crippen molar-refractivity contribution in [1.29, 1.82) is 0 Å². The molecule has 0 radical (unpaired) electrons. The van der Waals surface area contributed by atoms with Gasteiger partial charge in [0, 0.05) is 12.6 Å². The topological polar surface area (TPSA) is 21.3 Å². The Morgan fingerprint density at radius 2 is 2.12 bits per heavy atom. The Hall–Kier alpha value is -0.0800. The van der Waals surface area contributed by atoms with Crippen molar-refractivity contribution < 1.29 is 4.74 Å². The van der Waals surface area contributed by atoms with Gasteiger partial charge in [0.1, 0.15) is 0 Å². The van der Waals surface area contributed by atoms with Crippen molar-refractivity contribution in [2.45, 2.75) is 76.9 Å². The lowest BCUT2D eigenvalue weighted by Gasteiger charge is -2.43. The van der Waals surface area contributed by atoms with Crippen LogP contribution >= 0.6 is 0 Å². The molecule has 2 nitrogen and oxygen atoms in total. The Bertz CT molecular complexity index is 219. The first-order valence-corrected chi connectivity index (χ1v) is 7.62. The molecule has 2 fully saturated rings. The molecular weight excluding hydrogens is 210 g/mol. The summed E-state index contributed by atoms with van der Waals surface area (Å²) in [5, 5.41) is 3.75. The van der Waals surface area contributed by atoms with Crippen LogP contribution in [-0.2, 0) is 4.74 Å². The number of nitrogens with one attached hydrogen (secondary N) is 1. The van der Waals surface area contributed by atoms with Crippen LogP contribution in [0.25, 0.3) is 0 Å². The summed E-state index contributed by atoms with van der Waals surface area (Å²) in [6.07, 6.45) is 10.7. The highest BCUT2D eigenvalue weighted by molar-refractivity contribution is 4.93. The molecule has 2 atom stereocenters. The van der Waals surface area contributed by atoms with Gasteiger partial charge in [0.15, 0.2) is 0 Å². The third kappa shape index (κ3) is 3.45. The summed E-state index contributed by atoms with van der Waals surface area (Å²) in [5.74, 6) is 0.965. The van der Waals surface area contributed by atoms with E-state index in [2.05, 4.69) is 19.2 Å². The fourth-order valence-electron chi connectivity index (χ4n) is 3.16. The Morgan fingerprint density at radius 1 is 1.29 bits per heavy atom. The van der Waals surface area contributed by atoms with Crippen LogP contribution in [0.1, 0.15) is 65.2 Å². The van der Waals surface area contributed by atoms with Gasteiger partial charge in [-0.15, -0.1) is 0 Å². The Labute approximate surface area is 107 Å². The largest absolute Gasteiger partial charge is 0.374 e. The molecule has 2 rings (SSSR count). The molecule has 0 aromatic rings. The van der Waals surface area contributed by atoms with E-state index >= 15 is 0 Å². The predicted molar refractivity (Wildman–Crippen MR) is 72.2 cm³/mol. The van der Waals surface area contributed by atoms with Gasteiger partial charge in [0.2, 0.25) is 0 Å². The number of ether oxygens (including phenoxy) is 1. The van der Waals surface area contributed by atoms with Crippen molar-refractivity contribution in [1.82, 2.24) is 5.32 Å². The normalized spacial score (nSPS) is 32.1. The monoisotopic (exact) mass is 239 g/mol. The lowest BCUT2D eigenvalue weighted by Crippen LogP contribution is -2.53. The summed E-state index contributed by atoms with van der Waals surface area (Å²) < 4.78 is 6.13. The van der Waals surface area contributed by atoms with Gasteiger partial charge < -0.3 is 10.1 Å². The molecule has 0 bridgehead atoms. The maximum absolute atomic E-state index is 6.13. The number of hydrogen-bond donors (Lipinski definition) is 1. The summed E-state index contributed by atoms with van der Waals surface area (Å²) in [4.78, 5) is 0. The van der Waals surface area contributed by atoms with E-state index in [1.807, 2.05) is 0 Å². The van der Waals surface area contributed by atoms with E-state index < -0.39 is 0 Å². The maximum Gasteiger partial charge on any atom is 0.0806 e. The molecule has 1 heterocycles. The molecule has 0 spiro atoms. The van der Waals surface area contributed by atoms with E-state index in [4.69, 9.17) is 4.74 Å². The Kier molecular flexibility index (Phi) is 4.87. The molecule has 1 saturated heterocycles. The van der Waals surface area contributed by atoms with Crippen molar-refractivity contribution in [3.8, 4) is 0 Å². The standard InChI is InChI=1S/C15H29NO/c1-3-10-16-14(12-13-7-6-8-13)15(2)9-4-5-11-17-15/h13-14,16H,3-12H2,1-2H3. The van der Waals surface area contributed by atoms with Crippen molar-refractivity contribution in [2.24, 2.45) is 5.92 Å². The second-order valence-electron chi connectivity index (χ2n) is 6.16. The summed E-state index contributed by atoms with van der Waals surface area (Å²) in [6, 6.07) is 0.577. The average molecular weight is 239 g/mol. The first kappa shape index (κ1) is 13.4. The molecular formula is C15H29NO. The van der Waals surface area contributed by atoms with Crippen LogP contribution in [0.5, 0.6) is 0 Å². The SMILES string of the molecule is CCCNC(CC1CCC1)C1(C)CCCCO1. The first-order chi connectivity index (χ1) is 8.24. The maximum atomic E-state index is 6.13. The molecule has 17 heavy (non-hydrogen) atoms. The molecule has 2 aliphatic rings. The smallest absolute Gasteiger partial charge is 0.0806 e. The minimum absolute atomic E-state index is 0.100. The van der Waals surface area contributed by atoms with Gasteiger partial charge in [-0.2, -0.15) is 0 Å². The molecule has 2 unspecified atom stereocenters. The zero-order valence-corrected chi connectivity index (χ0v) is 11.6. The van der Waals surface area contributed by atoms with Crippen LogP contribution in [0.15, 0.2) is 0 Å².